The summed E-state index contributed by atoms with van der Waals surface area (Å²) in [7, 11) is 0. The predicted molar refractivity (Wildman–Crippen MR) is 107 cm³/mol. The van der Waals surface area contributed by atoms with E-state index in [1.807, 2.05) is 0 Å². The molecule has 0 aliphatic rings. The van der Waals surface area contributed by atoms with Crippen molar-refractivity contribution in [2.75, 3.05) is 5.32 Å². The molecule has 0 saturated heterocycles. The van der Waals surface area contributed by atoms with E-state index in [1.165, 1.54) is 18.3 Å². The normalized spacial score (nSPS) is 12.9. The highest BCUT2D eigenvalue weighted by Crippen LogP contribution is 2.55. The van der Waals surface area contributed by atoms with Gasteiger partial charge in [0.1, 0.15) is 0 Å². The lowest BCUT2D eigenvalue weighted by Gasteiger charge is -2.31. The molecule has 186 valence electrons. The minimum Gasteiger partial charge on any atom is -0.305 e. The monoisotopic (exact) mass is 681 g/mol. The molecule has 0 aliphatic carbocycles. The average molecular weight is 682 g/mol. The molecule has 0 aliphatic heterocycles. The number of aromatic nitrogens is 1. The molecule has 0 radical (unpaired) electrons. The number of hydrogen-bond acceptors (Lipinski definition) is 3. The molecular formula is C17H7BrF10IN3O2. The lowest BCUT2D eigenvalue weighted by molar-refractivity contribution is -0.348. The number of hydrogen-bond donors (Lipinski definition) is 1. The fourth-order valence-corrected chi connectivity index (χ4v) is 3.45. The second-order valence-corrected chi connectivity index (χ2v) is 8.11. The van der Waals surface area contributed by atoms with Gasteiger partial charge in [-0.3, -0.25) is 9.78 Å². The van der Waals surface area contributed by atoms with Crippen LogP contribution < -0.4 is 5.32 Å². The van der Waals surface area contributed by atoms with Crippen molar-refractivity contribution >= 4 is 56.4 Å². The number of carbonyl (C=O) groups excluding carboxylic acids is 2. The Morgan fingerprint density at radius 3 is 1.97 bits per heavy atom. The Balaban J connectivity index is 2.59. The van der Waals surface area contributed by atoms with E-state index in [-0.39, 0.29) is 14.7 Å². The van der Waals surface area contributed by atoms with Gasteiger partial charge in [0.25, 0.3) is 5.91 Å². The van der Waals surface area contributed by atoms with Crippen molar-refractivity contribution in [3.63, 3.8) is 0 Å². The fourth-order valence-electron chi connectivity index (χ4n) is 2.50. The third kappa shape index (κ3) is 5.38. The van der Waals surface area contributed by atoms with E-state index in [2.05, 4.69) is 20.9 Å². The number of urea groups is 1. The van der Waals surface area contributed by atoms with E-state index in [9.17, 15) is 53.5 Å². The van der Waals surface area contributed by atoms with Gasteiger partial charge in [0.2, 0.25) is 0 Å². The second kappa shape index (κ2) is 9.46. The van der Waals surface area contributed by atoms with Gasteiger partial charge in [0.05, 0.1) is 39.7 Å². The van der Waals surface area contributed by atoms with Crippen LogP contribution in [0, 0.1) is 0 Å². The van der Waals surface area contributed by atoms with Crippen molar-refractivity contribution in [1.82, 2.24) is 8.10 Å². The summed E-state index contributed by atoms with van der Waals surface area (Å²) in [6.45, 7) is 0. The van der Waals surface area contributed by atoms with Gasteiger partial charge >= 0.3 is 30.2 Å². The molecular weight excluding hydrogens is 675 g/mol. The summed E-state index contributed by atoms with van der Waals surface area (Å²) in [6.07, 6.45) is -16.7. The van der Waals surface area contributed by atoms with E-state index in [4.69, 9.17) is 0 Å². The van der Waals surface area contributed by atoms with Crippen LogP contribution in [-0.4, -0.2) is 32.4 Å². The molecule has 0 fully saturated rings. The third-order valence-corrected chi connectivity index (χ3v) is 5.57. The first kappa shape index (κ1) is 28.1. The maximum atomic E-state index is 14.3. The van der Waals surface area contributed by atoms with Crippen molar-refractivity contribution < 1.29 is 53.5 Å². The Labute approximate surface area is 205 Å². The van der Waals surface area contributed by atoms with Gasteiger partial charge in [0, 0.05) is 22.4 Å². The lowest BCUT2D eigenvalue weighted by atomic mass is 9.92. The number of nitrogens with one attached hydrogen (secondary N) is 1. The van der Waals surface area contributed by atoms with Crippen LogP contribution >= 0.6 is 38.8 Å². The van der Waals surface area contributed by atoms with Crippen molar-refractivity contribution in [2.24, 2.45) is 0 Å². The first-order valence-electron chi connectivity index (χ1n) is 8.27. The Bertz CT molecular complexity index is 1080. The summed E-state index contributed by atoms with van der Waals surface area (Å²) in [5, 5.41) is 1.58. The molecule has 0 saturated carbocycles. The molecule has 0 spiro atoms. The highest BCUT2D eigenvalue weighted by molar-refractivity contribution is 14.1. The molecule has 3 amide bonds. The van der Waals surface area contributed by atoms with Crippen LogP contribution in [0.4, 0.5) is 54.4 Å². The highest BCUT2D eigenvalue weighted by Gasteiger charge is 2.73. The van der Waals surface area contributed by atoms with Crippen molar-refractivity contribution in [2.45, 2.75) is 24.2 Å². The zero-order valence-electron chi connectivity index (χ0n) is 15.7. The zero-order chi connectivity index (χ0) is 26.3. The van der Waals surface area contributed by atoms with Crippen LogP contribution in [0.2, 0.25) is 0 Å². The van der Waals surface area contributed by atoms with Crippen LogP contribution in [0.5, 0.6) is 0 Å². The van der Waals surface area contributed by atoms with Gasteiger partial charge in [-0.2, -0.15) is 42.6 Å². The summed E-state index contributed by atoms with van der Waals surface area (Å²) in [6, 6.07) is 0.0344. The standard InChI is InChI=1S/C17H7BrF10IN3O2/c18-10-5-8(14(19,16(23,24)25)17(26,27)28)4-9(15(20,21)22)11(10)31-13(34)32(29)12(33)7-2-1-3-30-6-7/h1-6H,(H,31,34). The van der Waals surface area contributed by atoms with Gasteiger partial charge in [-0.25, -0.2) is 9.18 Å². The second-order valence-electron chi connectivity index (χ2n) is 6.29. The van der Waals surface area contributed by atoms with Crippen molar-refractivity contribution in [3.05, 3.63) is 57.8 Å². The van der Waals surface area contributed by atoms with Crippen molar-refractivity contribution in [3.8, 4) is 0 Å². The van der Waals surface area contributed by atoms with E-state index < -0.39 is 63.5 Å². The van der Waals surface area contributed by atoms with Gasteiger partial charge < -0.3 is 5.32 Å². The van der Waals surface area contributed by atoms with E-state index >= 15 is 0 Å². The molecule has 0 bridgehead atoms. The highest BCUT2D eigenvalue weighted by atomic mass is 127. The van der Waals surface area contributed by atoms with Crippen LogP contribution in [-0.2, 0) is 11.8 Å². The number of alkyl halides is 10. The predicted octanol–water partition coefficient (Wildman–Crippen LogP) is 7.18. The van der Waals surface area contributed by atoms with Gasteiger partial charge in [-0.1, -0.05) is 0 Å². The minimum atomic E-state index is -6.67. The number of benzene rings is 1. The summed E-state index contributed by atoms with van der Waals surface area (Å²) in [4.78, 5) is 28.1. The molecule has 2 aromatic rings. The van der Waals surface area contributed by atoms with E-state index in [0.717, 1.165) is 29.1 Å². The van der Waals surface area contributed by atoms with Crippen LogP contribution in [0.15, 0.2) is 41.1 Å². The van der Waals surface area contributed by atoms with Crippen LogP contribution in [0.3, 0.4) is 0 Å². The number of anilines is 1. The summed E-state index contributed by atoms with van der Waals surface area (Å²) in [5.74, 6) is -1.07. The molecule has 5 nitrogen and oxygen atoms in total. The topological polar surface area (TPSA) is 62.3 Å². The van der Waals surface area contributed by atoms with E-state index in [1.54, 1.807) is 5.32 Å². The first-order valence-corrected chi connectivity index (χ1v) is 10.0. The smallest absolute Gasteiger partial charge is 0.305 e. The molecule has 0 unspecified atom stereocenters. The lowest BCUT2D eigenvalue weighted by Crippen LogP contribution is -2.50. The number of pyridine rings is 1. The Kier molecular flexibility index (Phi) is 7.81. The number of rotatable bonds is 3. The van der Waals surface area contributed by atoms with Gasteiger partial charge in [-0.05, 0) is 40.2 Å². The Hall–Kier alpha value is -2.18. The molecule has 1 heterocycles. The Morgan fingerprint density at radius 1 is 0.971 bits per heavy atom. The average Bonchev–Trinajstić information content (AvgIpc) is 2.71. The van der Waals surface area contributed by atoms with Crippen molar-refractivity contribution in [1.29, 1.82) is 0 Å². The maximum Gasteiger partial charge on any atom is 0.435 e. The summed E-state index contributed by atoms with van der Waals surface area (Å²) in [5.41, 5.74) is -12.3. The van der Waals surface area contributed by atoms with Gasteiger partial charge in [0.15, 0.2) is 0 Å². The Morgan fingerprint density at radius 2 is 1.53 bits per heavy atom. The first-order chi connectivity index (χ1) is 15.3. The fraction of sp³-hybridized carbons (Fsp3) is 0.235. The molecule has 1 aromatic carbocycles. The number of imide groups is 1. The molecule has 2 rings (SSSR count). The van der Waals surface area contributed by atoms with E-state index in [0.29, 0.717) is 0 Å². The molecule has 1 aromatic heterocycles. The van der Waals surface area contributed by atoms with Crippen LogP contribution in [0.25, 0.3) is 0 Å². The zero-order valence-corrected chi connectivity index (χ0v) is 19.5. The SMILES string of the molecule is O=C(Nc1c(Br)cc(C(F)(C(F)(F)F)C(F)(F)F)cc1C(F)(F)F)N(I)C(=O)c1cccnc1. The minimum absolute atomic E-state index is 0.171. The molecule has 34 heavy (non-hydrogen) atoms. The largest absolute Gasteiger partial charge is 0.435 e. The number of nitrogens with zero attached hydrogens (tertiary/aromatic N) is 2. The molecule has 17 heteroatoms. The number of carbonyl (C=O) groups is 2. The summed E-state index contributed by atoms with van der Waals surface area (Å²) >= 11 is 3.44. The molecule has 1 N–H and O–H groups in total. The third-order valence-electron chi connectivity index (χ3n) is 4.07. The van der Waals surface area contributed by atoms with Gasteiger partial charge in [-0.15, -0.1) is 0 Å². The van der Waals surface area contributed by atoms with Crippen LogP contribution in [0.1, 0.15) is 21.5 Å². The molecule has 0 atom stereocenters. The maximum absolute atomic E-state index is 14.3. The number of halogens is 12. The quantitative estimate of drug-likeness (QED) is 0.212. The number of amides is 3. The summed E-state index contributed by atoms with van der Waals surface area (Å²) < 4.78 is 132.